The number of hydrogen-bond donors (Lipinski definition) is 1. The zero-order valence-electron chi connectivity index (χ0n) is 11.5. The summed E-state index contributed by atoms with van der Waals surface area (Å²) in [5.41, 5.74) is 0.770. The van der Waals surface area contributed by atoms with E-state index in [0.717, 1.165) is 17.0 Å². The topological polar surface area (TPSA) is 59.9 Å². The Kier molecular flexibility index (Phi) is 7.14. The SMILES string of the molecule is CCC(COC)NC(=O)CO/N=C(/C)c1cccs1. The fourth-order valence-electron chi connectivity index (χ4n) is 1.45. The molecule has 0 saturated carbocycles. The molecule has 1 aromatic rings. The van der Waals surface area contributed by atoms with Crippen LogP contribution in [0, 0.1) is 0 Å². The van der Waals surface area contributed by atoms with Crippen LogP contribution in [0.3, 0.4) is 0 Å². The molecule has 1 amide bonds. The van der Waals surface area contributed by atoms with E-state index in [1.807, 2.05) is 31.4 Å². The Morgan fingerprint density at radius 1 is 1.58 bits per heavy atom. The van der Waals surface area contributed by atoms with Crippen molar-refractivity contribution in [1.29, 1.82) is 0 Å². The van der Waals surface area contributed by atoms with Crippen LogP contribution in [-0.4, -0.2) is 38.0 Å². The van der Waals surface area contributed by atoms with Crippen molar-refractivity contribution in [3.05, 3.63) is 22.4 Å². The number of thiophene rings is 1. The molecule has 0 spiro atoms. The number of nitrogens with zero attached hydrogens (tertiary/aromatic N) is 1. The maximum atomic E-state index is 11.6. The first kappa shape index (κ1) is 15.7. The van der Waals surface area contributed by atoms with Gasteiger partial charge in [0.25, 0.3) is 5.91 Å². The number of rotatable bonds is 8. The van der Waals surface area contributed by atoms with Crippen LogP contribution in [0.15, 0.2) is 22.7 Å². The van der Waals surface area contributed by atoms with Crippen LogP contribution in [0.5, 0.6) is 0 Å². The van der Waals surface area contributed by atoms with E-state index in [1.54, 1.807) is 18.4 Å². The minimum absolute atomic E-state index is 0.0171. The van der Waals surface area contributed by atoms with Crippen LogP contribution in [0.2, 0.25) is 0 Å². The zero-order chi connectivity index (χ0) is 14.1. The van der Waals surface area contributed by atoms with Gasteiger partial charge in [-0.2, -0.15) is 0 Å². The summed E-state index contributed by atoms with van der Waals surface area (Å²) in [4.78, 5) is 17.7. The zero-order valence-corrected chi connectivity index (χ0v) is 12.3. The minimum atomic E-state index is -0.188. The van der Waals surface area contributed by atoms with E-state index >= 15 is 0 Å². The lowest BCUT2D eigenvalue weighted by Crippen LogP contribution is -2.39. The molecule has 0 aliphatic rings. The summed E-state index contributed by atoms with van der Waals surface area (Å²) >= 11 is 1.58. The van der Waals surface area contributed by atoms with Crippen molar-refractivity contribution in [2.75, 3.05) is 20.3 Å². The summed E-state index contributed by atoms with van der Waals surface area (Å²) in [6.07, 6.45) is 0.817. The fourth-order valence-corrected chi connectivity index (χ4v) is 2.12. The molecule has 1 rings (SSSR count). The van der Waals surface area contributed by atoms with Crippen LogP contribution in [0.25, 0.3) is 0 Å². The predicted octanol–water partition coefficient (Wildman–Crippen LogP) is 2.03. The van der Waals surface area contributed by atoms with Crippen LogP contribution in [0.1, 0.15) is 25.1 Å². The van der Waals surface area contributed by atoms with Crippen molar-refractivity contribution in [2.24, 2.45) is 5.16 Å². The van der Waals surface area contributed by atoms with Gasteiger partial charge in [-0.3, -0.25) is 4.79 Å². The van der Waals surface area contributed by atoms with Gasteiger partial charge in [-0.15, -0.1) is 11.3 Å². The molecule has 0 bridgehead atoms. The maximum Gasteiger partial charge on any atom is 0.261 e. The summed E-state index contributed by atoms with van der Waals surface area (Å²) in [5, 5.41) is 8.71. The second-order valence-corrected chi connectivity index (χ2v) is 5.00. The van der Waals surface area contributed by atoms with Gasteiger partial charge in [0, 0.05) is 7.11 Å². The van der Waals surface area contributed by atoms with Gasteiger partial charge >= 0.3 is 0 Å². The molecule has 106 valence electrons. The molecule has 1 unspecified atom stereocenters. The molecule has 1 heterocycles. The second kappa shape index (κ2) is 8.66. The summed E-state index contributed by atoms with van der Waals surface area (Å²) in [5.74, 6) is -0.188. The number of carbonyl (C=O) groups excluding carboxylic acids is 1. The van der Waals surface area contributed by atoms with Crippen LogP contribution in [-0.2, 0) is 14.4 Å². The molecule has 0 aromatic carbocycles. The van der Waals surface area contributed by atoms with Crippen LogP contribution < -0.4 is 5.32 Å². The molecule has 1 atom stereocenters. The number of nitrogens with one attached hydrogen (secondary N) is 1. The van der Waals surface area contributed by atoms with Gasteiger partial charge in [0.15, 0.2) is 6.61 Å². The smallest absolute Gasteiger partial charge is 0.261 e. The first-order valence-corrected chi connectivity index (χ1v) is 7.04. The number of hydrogen-bond acceptors (Lipinski definition) is 5. The third kappa shape index (κ3) is 5.85. The Morgan fingerprint density at radius 3 is 2.95 bits per heavy atom. The van der Waals surface area contributed by atoms with E-state index in [9.17, 15) is 4.79 Å². The molecule has 19 heavy (non-hydrogen) atoms. The van der Waals surface area contributed by atoms with Crippen molar-refractivity contribution in [2.45, 2.75) is 26.3 Å². The number of oxime groups is 1. The first-order chi connectivity index (χ1) is 9.17. The van der Waals surface area contributed by atoms with Gasteiger partial charge < -0.3 is 14.9 Å². The van der Waals surface area contributed by atoms with Crippen molar-refractivity contribution in [1.82, 2.24) is 5.32 Å². The molecule has 0 fully saturated rings. The highest BCUT2D eigenvalue weighted by Crippen LogP contribution is 2.09. The van der Waals surface area contributed by atoms with Crippen LogP contribution in [0.4, 0.5) is 0 Å². The van der Waals surface area contributed by atoms with E-state index in [-0.39, 0.29) is 18.6 Å². The van der Waals surface area contributed by atoms with E-state index in [2.05, 4.69) is 10.5 Å². The summed E-state index contributed by atoms with van der Waals surface area (Å²) < 4.78 is 5.01. The highest BCUT2D eigenvalue weighted by atomic mass is 32.1. The largest absolute Gasteiger partial charge is 0.385 e. The lowest BCUT2D eigenvalue weighted by atomic mass is 10.2. The quantitative estimate of drug-likeness (QED) is 0.587. The highest BCUT2D eigenvalue weighted by Gasteiger charge is 2.10. The maximum absolute atomic E-state index is 11.6. The summed E-state index contributed by atoms with van der Waals surface area (Å²) in [6, 6.07) is 3.92. The Balaban J connectivity index is 2.32. The van der Waals surface area contributed by atoms with E-state index in [1.165, 1.54) is 0 Å². The molecule has 5 nitrogen and oxygen atoms in total. The van der Waals surface area contributed by atoms with Crippen molar-refractivity contribution >= 4 is 23.0 Å². The van der Waals surface area contributed by atoms with Crippen molar-refractivity contribution < 1.29 is 14.4 Å². The third-order valence-electron chi connectivity index (χ3n) is 2.50. The molecular formula is C13H20N2O3S. The van der Waals surface area contributed by atoms with Crippen molar-refractivity contribution in [3.8, 4) is 0 Å². The van der Waals surface area contributed by atoms with E-state index in [0.29, 0.717) is 6.61 Å². The standard InChI is InChI=1S/C13H20N2O3S/c1-4-11(8-17-3)14-13(16)9-18-15-10(2)12-6-5-7-19-12/h5-7,11H,4,8-9H2,1-3H3,(H,14,16)/b15-10-. The number of amides is 1. The average Bonchev–Trinajstić information content (AvgIpc) is 2.92. The lowest BCUT2D eigenvalue weighted by molar-refractivity contribution is -0.126. The Morgan fingerprint density at radius 2 is 2.37 bits per heavy atom. The minimum Gasteiger partial charge on any atom is -0.385 e. The summed E-state index contributed by atoms with van der Waals surface area (Å²) in [6.45, 7) is 4.26. The molecule has 6 heteroatoms. The van der Waals surface area contributed by atoms with Gasteiger partial charge in [0.2, 0.25) is 0 Å². The van der Waals surface area contributed by atoms with E-state index in [4.69, 9.17) is 9.57 Å². The molecule has 1 N–H and O–H groups in total. The summed E-state index contributed by atoms with van der Waals surface area (Å²) in [7, 11) is 1.61. The Hall–Kier alpha value is -1.40. The second-order valence-electron chi connectivity index (χ2n) is 4.06. The van der Waals surface area contributed by atoms with Gasteiger partial charge in [0.1, 0.15) is 0 Å². The van der Waals surface area contributed by atoms with E-state index < -0.39 is 0 Å². The predicted molar refractivity (Wildman–Crippen MR) is 76.6 cm³/mol. The lowest BCUT2D eigenvalue weighted by Gasteiger charge is -2.15. The molecule has 0 saturated heterocycles. The highest BCUT2D eigenvalue weighted by molar-refractivity contribution is 7.12. The molecule has 0 aliphatic carbocycles. The normalized spacial score (nSPS) is 13.1. The van der Waals surface area contributed by atoms with Gasteiger partial charge in [-0.25, -0.2) is 0 Å². The average molecular weight is 284 g/mol. The molecule has 1 aromatic heterocycles. The number of ether oxygens (including phenoxy) is 1. The third-order valence-corrected chi connectivity index (χ3v) is 3.48. The van der Waals surface area contributed by atoms with Crippen molar-refractivity contribution in [3.63, 3.8) is 0 Å². The van der Waals surface area contributed by atoms with Crippen LogP contribution >= 0.6 is 11.3 Å². The van der Waals surface area contributed by atoms with Gasteiger partial charge in [0.05, 0.1) is 23.2 Å². The first-order valence-electron chi connectivity index (χ1n) is 6.16. The molecule has 0 aliphatic heterocycles. The monoisotopic (exact) mass is 284 g/mol. The molecular weight excluding hydrogens is 264 g/mol. The Labute approximate surface area is 117 Å². The molecule has 0 radical (unpaired) electrons. The Bertz CT molecular complexity index is 404. The number of carbonyl (C=O) groups is 1. The van der Waals surface area contributed by atoms with Gasteiger partial charge in [-0.05, 0) is 24.8 Å². The number of methoxy groups -OCH3 is 1. The van der Waals surface area contributed by atoms with Gasteiger partial charge in [-0.1, -0.05) is 18.1 Å². The fraction of sp³-hybridized carbons (Fsp3) is 0.538.